The summed E-state index contributed by atoms with van der Waals surface area (Å²) in [7, 11) is -3.81. The van der Waals surface area contributed by atoms with Crippen molar-refractivity contribution in [3.63, 3.8) is 0 Å². The number of aromatic nitrogens is 1. The number of carbonyl (C=O) groups excluding carboxylic acids is 1. The zero-order valence-corrected chi connectivity index (χ0v) is 12.0. The molecule has 7 heteroatoms. The van der Waals surface area contributed by atoms with Crippen LogP contribution >= 0.6 is 0 Å². The average Bonchev–Trinajstić information content (AvgIpc) is 2.47. The number of nitrogens with one attached hydrogen (secondary N) is 1. The highest BCUT2D eigenvalue weighted by atomic mass is 32.2. The Hall–Kier alpha value is -2.25. The van der Waals surface area contributed by atoms with Crippen molar-refractivity contribution in [2.24, 2.45) is 5.14 Å². The van der Waals surface area contributed by atoms with Gasteiger partial charge in [-0.2, -0.15) is 0 Å². The summed E-state index contributed by atoms with van der Waals surface area (Å²) < 4.78 is 22.5. The van der Waals surface area contributed by atoms with E-state index < -0.39 is 10.0 Å². The molecule has 0 unspecified atom stereocenters. The van der Waals surface area contributed by atoms with Gasteiger partial charge in [-0.05, 0) is 30.3 Å². The van der Waals surface area contributed by atoms with Crippen LogP contribution in [0.2, 0.25) is 0 Å². The lowest BCUT2D eigenvalue weighted by atomic mass is 10.2. The third-order valence-corrected chi connectivity index (χ3v) is 3.73. The highest BCUT2D eigenvalue weighted by Gasteiger charge is 2.11. The summed E-state index contributed by atoms with van der Waals surface area (Å²) in [5, 5.41) is 7.75. The van der Waals surface area contributed by atoms with E-state index in [4.69, 9.17) is 5.14 Å². The zero-order valence-electron chi connectivity index (χ0n) is 11.2. The lowest BCUT2D eigenvalue weighted by molar-refractivity contribution is 0.0954. The third-order valence-electron chi connectivity index (χ3n) is 2.82. The Morgan fingerprint density at radius 2 is 2.00 bits per heavy atom. The first-order chi connectivity index (χ1) is 9.97. The highest BCUT2D eigenvalue weighted by molar-refractivity contribution is 7.89. The molecule has 0 aliphatic carbocycles. The molecule has 21 heavy (non-hydrogen) atoms. The van der Waals surface area contributed by atoms with Crippen LogP contribution in [0.5, 0.6) is 0 Å². The SMILES string of the molecule is NS(=O)(=O)c1cccc(C(=O)NCCc2ccccn2)c1. The summed E-state index contributed by atoms with van der Waals surface area (Å²) in [6.07, 6.45) is 2.29. The summed E-state index contributed by atoms with van der Waals surface area (Å²) in [6, 6.07) is 11.2. The Bertz CT molecular complexity index is 730. The van der Waals surface area contributed by atoms with Gasteiger partial charge in [-0.3, -0.25) is 9.78 Å². The van der Waals surface area contributed by atoms with E-state index in [2.05, 4.69) is 10.3 Å². The number of hydrogen-bond acceptors (Lipinski definition) is 4. The number of amides is 1. The minimum absolute atomic E-state index is 0.0834. The van der Waals surface area contributed by atoms with Crippen LogP contribution in [-0.2, 0) is 16.4 Å². The number of nitrogens with zero attached hydrogens (tertiary/aromatic N) is 1. The van der Waals surface area contributed by atoms with E-state index in [1.165, 1.54) is 24.3 Å². The van der Waals surface area contributed by atoms with Gasteiger partial charge >= 0.3 is 0 Å². The van der Waals surface area contributed by atoms with Crippen molar-refractivity contribution in [1.29, 1.82) is 0 Å². The molecule has 110 valence electrons. The Labute approximate surface area is 123 Å². The monoisotopic (exact) mass is 305 g/mol. The first-order valence-electron chi connectivity index (χ1n) is 6.28. The fourth-order valence-electron chi connectivity index (χ4n) is 1.77. The second-order valence-electron chi connectivity index (χ2n) is 4.40. The predicted octanol–water partition coefficient (Wildman–Crippen LogP) is 0.701. The van der Waals surface area contributed by atoms with Gasteiger partial charge in [0.05, 0.1) is 4.90 Å². The maximum absolute atomic E-state index is 11.9. The molecule has 6 nitrogen and oxygen atoms in total. The molecule has 1 aromatic carbocycles. The molecule has 0 saturated heterocycles. The van der Waals surface area contributed by atoms with Gasteiger partial charge < -0.3 is 5.32 Å². The molecule has 0 fully saturated rings. The Balaban J connectivity index is 1.98. The van der Waals surface area contributed by atoms with E-state index in [1.54, 1.807) is 6.20 Å². The Morgan fingerprint density at radius 3 is 2.67 bits per heavy atom. The molecule has 0 aliphatic rings. The van der Waals surface area contributed by atoms with Gasteiger partial charge in [0.15, 0.2) is 0 Å². The number of sulfonamides is 1. The first kappa shape index (κ1) is 15.1. The predicted molar refractivity (Wildman–Crippen MR) is 78.1 cm³/mol. The summed E-state index contributed by atoms with van der Waals surface area (Å²) >= 11 is 0. The lowest BCUT2D eigenvalue weighted by Crippen LogP contribution is -2.26. The van der Waals surface area contributed by atoms with Gasteiger partial charge in [-0.25, -0.2) is 13.6 Å². The van der Waals surface area contributed by atoms with Crippen molar-refractivity contribution >= 4 is 15.9 Å². The second-order valence-corrected chi connectivity index (χ2v) is 5.96. The molecule has 0 radical (unpaired) electrons. The minimum atomic E-state index is -3.81. The van der Waals surface area contributed by atoms with E-state index in [1.807, 2.05) is 18.2 Å². The van der Waals surface area contributed by atoms with Crippen molar-refractivity contribution in [2.75, 3.05) is 6.54 Å². The van der Waals surface area contributed by atoms with Crippen molar-refractivity contribution in [1.82, 2.24) is 10.3 Å². The molecule has 1 aromatic heterocycles. The van der Waals surface area contributed by atoms with Gasteiger partial charge in [0.1, 0.15) is 0 Å². The van der Waals surface area contributed by atoms with E-state index in [0.717, 1.165) is 5.69 Å². The van der Waals surface area contributed by atoms with Gasteiger partial charge in [-0.1, -0.05) is 12.1 Å². The number of benzene rings is 1. The van der Waals surface area contributed by atoms with E-state index in [-0.39, 0.29) is 16.4 Å². The van der Waals surface area contributed by atoms with E-state index in [9.17, 15) is 13.2 Å². The molecule has 0 spiro atoms. The molecule has 0 atom stereocenters. The van der Waals surface area contributed by atoms with Crippen LogP contribution in [-0.4, -0.2) is 25.9 Å². The van der Waals surface area contributed by atoms with Gasteiger partial charge in [0, 0.05) is 30.4 Å². The standard InChI is InChI=1S/C14H15N3O3S/c15-21(19,20)13-6-3-4-11(10-13)14(18)17-9-7-12-5-1-2-8-16-12/h1-6,8,10H,7,9H2,(H,17,18)(H2,15,19,20). The van der Waals surface area contributed by atoms with Crippen LogP contribution in [0.4, 0.5) is 0 Å². The number of rotatable bonds is 5. The number of pyridine rings is 1. The largest absolute Gasteiger partial charge is 0.352 e. The fourth-order valence-corrected chi connectivity index (χ4v) is 2.33. The summed E-state index contributed by atoms with van der Waals surface area (Å²) in [6.45, 7) is 0.412. The number of nitrogens with two attached hydrogens (primary N) is 1. The third kappa shape index (κ3) is 4.37. The molecule has 0 saturated carbocycles. The summed E-state index contributed by atoms with van der Waals surface area (Å²) in [5.41, 5.74) is 1.12. The van der Waals surface area contributed by atoms with E-state index >= 15 is 0 Å². The molecule has 2 rings (SSSR count). The Morgan fingerprint density at radius 1 is 1.19 bits per heavy atom. The molecular formula is C14H15N3O3S. The zero-order chi connectivity index (χ0) is 15.3. The molecule has 2 aromatic rings. The molecule has 1 heterocycles. The highest BCUT2D eigenvalue weighted by Crippen LogP contribution is 2.09. The van der Waals surface area contributed by atoms with Gasteiger partial charge in [0.2, 0.25) is 10.0 Å². The quantitative estimate of drug-likeness (QED) is 0.849. The van der Waals surface area contributed by atoms with Crippen molar-refractivity contribution < 1.29 is 13.2 Å². The lowest BCUT2D eigenvalue weighted by Gasteiger charge is -2.06. The van der Waals surface area contributed by atoms with Crippen LogP contribution < -0.4 is 10.5 Å². The second kappa shape index (κ2) is 6.47. The van der Waals surface area contributed by atoms with Gasteiger partial charge in [0.25, 0.3) is 5.91 Å². The summed E-state index contributed by atoms with van der Waals surface area (Å²) in [4.78, 5) is 16.0. The van der Waals surface area contributed by atoms with Crippen molar-refractivity contribution in [2.45, 2.75) is 11.3 Å². The minimum Gasteiger partial charge on any atom is -0.352 e. The summed E-state index contributed by atoms with van der Waals surface area (Å²) in [5.74, 6) is -0.351. The van der Waals surface area contributed by atoms with Crippen LogP contribution in [0.1, 0.15) is 16.1 Å². The topological polar surface area (TPSA) is 102 Å². The molecule has 0 bridgehead atoms. The maximum atomic E-state index is 11.9. The average molecular weight is 305 g/mol. The molecule has 0 aliphatic heterocycles. The van der Waals surface area contributed by atoms with Crippen LogP contribution in [0.25, 0.3) is 0 Å². The maximum Gasteiger partial charge on any atom is 0.251 e. The normalized spacial score (nSPS) is 11.1. The fraction of sp³-hybridized carbons (Fsp3) is 0.143. The number of carbonyl (C=O) groups is 1. The van der Waals surface area contributed by atoms with Crippen molar-refractivity contribution in [3.05, 3.63) is 59.9 Å². The Kier molecular flexibility index (Phi) is 4.66. The molecule has 1 amide bonds. The van der Waals surface area contributed by atoms with Crippen LogP contribution in [0.3, 0.4) is 0 Å². The number of hydrogen-bond donors (Lipinski definition) is 2. The van der Waals surface area contributed by atoms with Crippen molar-refractivity contribution in [3.8, 4) is 0 Å². The van der Waals surface area contributed by atoms with Crippen LogP contribution in [0.15, 0.2) is 53.6 Å². The number of primary sulfonamides is 1. The molecular weight excluding hydrogens is 290 g/mol. The van der Waals surface area contributed by atoms with E-state index in [0.29, 0.717) is 13.0 Å². The smallest absolute Gasteiger partial charge is 0.251 e. The molecule has 3 N–H and O–H groups in total. The van der Waals surface area contributed by atoms with Crippen LogP contribution in [0, 0.1) is 0 Å². The first-order valence-corrected chi connectivity index (χ1v) is 7.82. The van der Waals surface area contributed by atoms with Gasteiger partial charge in [-0.15, -0.1) is 0 Å².